The van der Waals surface area contributed by atoms with Gasteiger partial charge in [-0.2, -0.15) is 0 Å². The summed E-state index contributed by atoms with van der Waals surface area (Å²) in [7, 11) is 1.60. The maximum Gasteiger partial charge on any atom is 0.261 e. The van der Waals surface area contributed by atoms with Gasteiger partial charge in [-0.3, -0.25) is 9.59 Å². The van der Waals surface area contributed by atoms with Crippen molar-refractivity contribution < 1.29 is 19.1 Å². The summed E-state index contributed by atoms with van der Waals surface area (Å²) in [5.74, 6) is 0.882. The molecule has 2 aromatic carbocycles. The lowest BCUT2D eigenvalue weighted by Gasteiger charge is -2.33. The maximum absolute atomic E-state index is 13.2. The number of amides is 2. The molecule has 6 nitrogen and oxygen atoms in total. The zero-order valence-electron chi connectivity index (χ0n) is 18.8. The van der Waals surface area contributed by atoms with E-state index in [4.69, 9.17) is 9.47 Å². The minimum Gasteiger partial charge on any atom is -0.497 e. The number of carbonyl (C=O) groups is 2. The van der Waals surface area contributed by atoms with Crippen LogP contribution in [0, 0.1) is 3.57 Å². The third-order valence-corrected chi connectivity index (χ3v) is 5.27. The summed E-state index contributed by atoms with van der Waals surface area (Å²) in [5, 5.41) is 2.99. The van der Waals surface area contributed by atoms with Crippen LogP contribution >= 0.6 is 22.6 Å². The topological polar surface area (TPSA) is 67.9 Å². The Kier molecular flexibility index (Phi) is 9.15. The number of methoxy groups -OCH3 is 1. The first-order valence-electron chi connectivity index (χ1n) is 10.3. The van der Waals surface area contributed by atoms with Crippen LogP contribution in [-0.2, 0) is 16.1 Å². The number of hydrogen-bond donors (Lipinski definition) is 1. The molecule has 0 saturated heterocycles. The predicted molar refractivity (Wildman–Crippen MR) is 130 cm³/mol. The van der Waals surface area contributed by atoms with E-state index in [1.807, 2.05) is 76.2 Å². The SMILES string of the molecule is CC[C@@H](C(=O)NC(C)(C)C)N(Cc1cccc(OC)c1)C(=O)COc1ccc(I)cc1. The van der Waals surface area contributed by atoms with E-state index in [0.29, 0.717) is 17.9 Å². The van der Waals surface area contributed by atoms with Crippen LogP contribution in [-0.4, -0.2) is 42.0 Å². The van der Waals surface area contributed by atoms with E-state index < -0.39 is 11.6 Å². The summed E-state index contributed by atoms with van der Waals surface area (Å²) < 4.78 is 12.1. The van der Waals surface area contributed by atoms with Crippen LogP contribution in [0.25, 0.3) is 0 Å². The highest BCUT2D eigenvalue weighted by molar-refractivity contribution is 14.1. The minimum absolute atomic E-state index is 0.149. The molecular weight excluding hydrogens is 507 g/mol. The van der Waals surface area contributed by atoms with Crippen LogP contribution < -0.4 is 14.8 Å². The van der Waals surface area contributed by atoms with Crippen molar-refractivity contribution >= 4 is 34.4 Å². The Hall–Kier alpha value is -2.29. The maximum atomic E-state index is 13.2. The fourth-order valence-corrected chi connectivity index (χ4v) is 3.46. The molecular formula is C24H31IN2O4. The molecule has 0 aliphatic carbocycles. The van der Waals surface area contributed by atoms with Crippen molar-refractivity contribution in [1.29, 1.82) is 0 Å². The highest BCUT2D eigenvalue weighted by Crippen LogP contribution is 2.19. The fourth-order valence-electron chi connectivity index (χ4n) is 3.10. The van der Waals surface area contributed by atoms with Crippen molar-refractivity contribution in [2.75, 3.05) is 13.7 Å². The molecule has 0 heterocycles. The molecule has 0 aliphatic heterocycles. The van der Waals surface area contributed by atoms with Gasteiger partial charge in [0.15, 0.2) is 6.61 Å². The molecule has 0 spiro atoms. The molecule has 168 valence electrons. The predicted octanol–water partition coefficient (Wildman–Crippen LogP) is 4.40. The molecule has 0 fully saturated rings. The molecule has 0 unspecified atom stereocenters. The molecule has 7 heteroatoms. The van der Waals surface area contributed by atoms with Crippen LogP contribution in [0.15, 0.2) is 48.5 Å². The van der Waals surface area contributed by atoms with Crippen molar-refractivity contribution in [3.8, 4) is 11.5 Å². The first-order valence-corrected chi connectivity index (χ1v) is 11.3. The zero-order valence-corrected chi connectivity index (χ0v) is 20.9. The van der Waals surface area contributed by atoms with E-state index in [9.17, 15) is 9.59 Å². The van der Waals surface area contributed by atoms with E-state index >= 15 is 0 Å². The normalized spacial score (nSPS) is 12.1. The average molecular weight is 538 g/mol. The Morgan fingerprint density at radius 3 is 2.35 bits per heavy atom. The largest absolute Gasteiger partial charge is 0.497 e. The van der Waals surface area contributed by atoms with E-state index in [2.05, 4.69) is 27.9 Å². The number of carbonyl (C=O) groups excluding carboxylic acids is 2. The van der Waals surface area contributed by atoms with Crippen molar-refractivity contribution in [2.24, 2.45) is 0 Å². The van der Waals surface area contributed by atoms with E-state index in [-0.39, 0.29) is 25.0 Å². The lowest BCUT2D eigenvalue weighted by atomic mass is 10.1. The van der Waals surface area contributed by atoms with Gasteiger partial charge >= 0.3 is 0 Å². The van der Waals surface area contributed by atoms with Crippen LogP contribution in [0.1, 0.15) is 39.7 Å². The van der Waals surface area contributed by atoms with Gasteiger partial charge in [0, 0.05) is 15.7 Å². The van der Waals surface area contributed by atoms with Crippen molar-refractivity contribution in [3.05, 3.63) is 57.7 Å². The van der Waals surface area contributed by atoms with Gasteiger partial charge in [-0.05, 0) is 91.7 Å². The lowest BCUT2D eigenvalue weighted by molar-refractivity contribution is -0.143. The quantitative estimate of drug-likeness (QED) is 0.481. The van der Waals surface area contributed by atoms with Gasteiger partial charge in [0.2, 0.25) is 5.91 Å². The van der Waals surface area contributed by atoms with Gasteiger partial charge in [0.05, 0.1) is 7.11 Å². The highest BCUT2D eigenvalue weighted by Gasteiger charge is 2.31. The Labute approximate surface area is 198 Å². The standard InChI is InChI=1S/C24H31IN2O4/c1-6-21(23(29)26-24(2,3)4)27(15-17-8-7-9-20(14-17)30-5)22(28)16-31-19-12-10-18(25)11-13-19/h7-14,21H,6,15-16H2,1-5H3,(H,26,29)/t21-/m0/s1. The number of nitrogens with one attached hydrogen (secondary N) is 1. The zero-order chi connectivity index (χ0) is 23.0. The van der Waals surface area contributed by atoms with Crippen LogP contribution in [0.5, 0.6) is 11.5 Å². The van der Waals surface area contributed by atoms with Crippen molar-refractivity contribution in [1.82, 2.24) is 10.2 Å². The smallest absolute Gasteiger partial charge is 0.261 e. The third kappa shape index (κ3) is 8.05. The molecule has 1 atom stereocenters. The molecule has 2 amide bonds. The van der Waals surface area contributed by atoms with Gasteiger partial charge in [-0.25, -0.2) is 0 Å². The second-order valence-corrected chi connectivity index (χ2v) is 9.52. The monoisotopic (exact) mass is 538 g/mol. The van der Waals surface area contributed by atoms with E-state index in [0.717, 1.165) is 9.13 Å². The summed E-state index contributed by atoms with van der Waals surface area (Å²) in [6, 6.07) is 14.4. The second-order valence-electron chi connectivity index (χ2n) is 8.28. The van der Waals surface area contributed by atoms with Gasteiger partial charge in [0.1, 0.15) is 17.5 Å². The number of rotatable bonds is 9. The number of nitrogens with zero attached hydrogens (tertiary/aromatic N) is 1. The fraction of sp³-hybridized carbons (Fsp3) is 0.417. The molecule has 0 aliphatic rings. The molecule has 0 aromatic heterocycles. The molecule has 0 saturated carbocycles. The molecule has 0 radical (unpaired) electrons. The average Bonchev–Trinajstić information content (AvgIpc) is 2.71. The van der Waals surface area contributed by atoms with E-state index in [1.54, 1.807) is 12.0 Å². The minimum atomic E-state index is -0.613. The number of halogens is 1. The van der Waals surface area contributed by atoms with Gasteiger partial charge < -0.3 is 19.7 Å². The molecule has 0 bridgehead atoms. The first-order chi connectivity index (χ1) is 14.6. The highest BCUT2D eigenvalue weighted by atomic mass is 127. The molecule has 31 heavy (non-hydrogen) atoms. The Morgan fingerprint density at radius 2 is 1.77 bits per heavy atom. The number of hydrogen-bond acceptors (Lipinski definition) is 4. The van der Waals surface area contributed by atoms with Crippen LogP contribution in [0.3, 0.4) is 0 Å². The number of benzene rings is 2. The Balaban J connectivity index is 2.24. The van der Waals surface area contributed by atoms with Gasteiger partial charge in [0.25, 0.3) is 5.91 Å². The molecule has 2 aromatic rings. The second kappa shape index (κ2) is 11.4. The summed E-state index contributed by atoms with van der Waals surface area (Å²) >= 11 is 2.21. The van der Waals surface area contributed by atoms with E-state index in [1.165, 1.54) is 0 Å². The Morgan fingerprint density at radius 1 is 1.10 bits per heavy atom. The third-order valence-electron chi connectivity index (χ3n) is 4.55. The lowest BCUT2D eigenvalue weighted by Crippen LogP contribution is -2.54. The Bertz CT molecular complexity index is 878. The number of ether oxygens (including phenoxy) is 2. The van der Waals surface area contributed by atoms with Crippen LogP contribution in [0.2, 0.25) is 0 Å². The van der Waals surface area contributed by atoms with Gasteiger partial charge in [-0.15, -0.1) is 0 Å². The van der Waals surface area contributed by atoms with Crippen molar-refractivity contribution in [2.45, 2.75) is 52.2 Å². The summed E-state index contributed by atoms with van der Waals surface area (Å²) in [6.45, 7) is 7.80. The summed E-state index contributed by atoms with van der Waals surface area (Å²) in [6.07, 6.45) is 0.487. The molecule has 1 N–H and O–H groups in total. The molecule has 2 rings (SSSR count). The van der Waals surface area contributed by atoms with Crippen molar-refractivity contribution in [3.63, 3.8) is 0 Å². The first kappa shape index (κ1) is 25.0. The van der Waals surface area contributed by atoms with Gasteiger partial charge in [-0.1, -0.05) is 19.1 Å². The van der Waals surface area contributed by atoms with Crippen LogP contribution in [0.4, 0.5) is 0 Å². The summed E-state index contributed by atoms with van der Waals surface area (Å²) in [5.41, 5.74) is 0.483. The summed E-state index contributed by atoms with van der Waals surface area (Å²) in [4.78, 5) is 27.8.